The van der Waals surface area contributed by atoms with Gasteiger partial charge in [0.1, 0.15) is 3.57 Å². The van der Waals surface area contributed by atoms with E-state index >= 15 is 0 Å². The van der Waals surface area contributed by atoms with Crippen molar-refractivity contribution >= 4 is 31.7 Å². The van der Waals surface area contributed by atoms with Crippen LogP contribution in [-0.2, 0) is 6.14 Å². The van der Waals surface area contributed by atoms with Crippen molar-refractivity contribution in [3.8, 4) is 11.1 Å². The summed E-state index contributed by atoms with van der Waals surface area (Å²) in [7, 11) is 0. The summed E-state index contributed by atoms with van der Waals surface area (Å²) in [6, 6.07) is 10.9. The fraction of sp³-hybridized carbons (Fsp3) is 0. The van der Waals surface area contributed by atoms with Gasteiger partial charge in [-0.25, -0.2) is 15.7 Å². The number of hydrogen-bond donors (Lipinski definition) is 2. The minimum Gasteiger partial charge on any atom is -0.478 e. The van der Waals surface area contributed by atoms with E-state index in [1.54, 1.807) is 30.3 Å². The number of carbonyl (C=O) groups is 2. The zero-order valence-electron chi connectivity index (χ0n) is 10.4. The zero-order chi connectivity index (χ0) is 15.6. The second kappa shape index (κ2) is 6.00. The van der Waals surface area contributed by atoms with Gasteiger partial charge in [-0.3, -0.25) is 0 Å². The van der Waals surface area contributed by atoms with Crippen LogP contribution in [0.2, 0.25) is 0 Å². The second-order valence-electron chi connectivity index (χ2n) is 4.08. The predicted octanol–water partition coefficient (Wildman–Crippen LogP) is 3.12. The standard InChI is InChI=1S/C14H9IO6/c16-13(17)10-6-9(8-4-2-1-3-5-8)7-11(14(18)19)12(10)15(20)21/h1-7H,(H,16,17)(H,18,19). The molecule has 0 fully saturated rings. The topological polar surface area (TPSA) is 109 Å². The van der Waals surface area contributed by atoms with Crippen LogP contribution in [0.25, 0.3) is 11.1 Å². The van der Waals surface area contributed by atoms with Crippen molar-refractivity contribution < 1.29 is 25.9 Å². The van der Waals surface area contributed by atoms with E-state index in [4.69, 9.17) is 10.2 Å². The van der Waals surface area contributed by atoms with Gasteiger partial charge in [0.05, 0.1) is 11.1 Å². The number of aromatic carboxylic acids is 2. The molecule has 0 atom stereocenters. The van der Waals surface area contributed by atoms with Gasteiger partial charge in [-0.15, -0.1) is 0 Å². The Balaban J connectivity index is 2.83. The molecule has 0 radical (unpaired) electrons. The smallest absolute Gasteiger partial charge is 0.342 e. The molecular formula is C14H9IO6. The van der Waals surface area contributed by atoms with Gasteiger partial charge in [0.2, 0.25) is 0 Å². The Labute approximate surface area is 126 Å². The molecule has 0 bridgehead atoms. The predicted molar refractivity (Wildman–Crippen MR) is 79.9 cm³/mol. The van der Waals surface area contributed by atoms with Gasteiger partial charge in [-0.1, -0.05) is 30.3 Å². The fourth-order valence-corrected chi connectivity index (χ4v) is 3.62. The molecule has 108 valence electrons. The molecule has 0 aromatic heterocycles. The van der Waals surface area contributed by atoms with Crippen molar-refractivity contribution in [1.29, 1.82) is 0 Å². The number of halogens is 1. The molecule has 6 nitrogen and oxygen atoms in total. The average Bonchev–Trinajstić information content (AvgIpc) is 2.46. The largest absolute Gasteiger partial charge is 0.478 e. The van der Waals surface area contributed by atoms with Crippen LogP contribution >= 0.6 is 19.8 Å². The molecule has 0 spiro atoms. The highest BCUT2D eigenvalue weighted by Gasteiger charge is 2.24. The molecule has 2 aromatic rings. The van der Waals surface area contributed by atoms with Gasteiger partial charge in [-0.2, -0.15) is 0 Å². The first-order valence-electron chi connectivity index (χ1n) is 5.67. The molecule has 0 heterocycles. The van der Waals surface area contributed by atoms with Crippen LogP contribution in [0.3, 0.4) is 0 Å². The monoisotopic (exact) mass is 400 g/mol. The van der Waals surface area contributed by atoms with Gasteiger partial charge in [0.15, 0.2) is 0 Å². The molecule has 0 aliphatic carbocycles. The number of benzene rings is 2. The van der Waals surface area contributed by atoms with E-state index in [-0.39, 0.29) is 0 Å². The minimum absolute atomic E-state index is 0.340. The summed E-state index contributed by atoms with van der Waals surface area (Å²) in [5.74, 6) is -2.95. The van der Waals surface area contributed by atoms with E-state index in [2.05, 4.69) is 0 Å². The Morgan fingerprint density at radius 2 is 1.29 bits per heavy atom. The Hall–Kier alpha value is -2.29. The third-order valence-corrected chi connectivity index (χ3v) is 4.84. The molecule has 21 heavy (non-hydrogen) atoms. The number of carboxylic acid groups (broad SMARTS) is 2. The van der Waals surface area contributed by atoms with Gasteiger partial charge in [0, 0.05) is 0 Å². The summed E-state index contributed by atoms with van der Waals surface area (Å²) >= 11 is -4.28. The van der Waals surface area contributed by atoms with Crippen LogP contribution in [0, 0.1) is 3.57 Å². The first kappa shape index (κ1) is 15.1. The number of rotatable bonds is 4. The maximum Gasteiger partial charge on any atom is 0.342 e. The number of carboxylic acids is 2. The summed E-state index contributed by atoms with van der Waals surface area (Å²) in [6.07, 6.45) is 0. The Kier molecular flexibility index (Phi) is 4.32. The lowest BCUT2D eigenvalue weighted by Gasteiger charge is -2.08. The highest BCUT2D eigenvalue weighted by atomic mass is 127. The van der Waals surface area contributed by atoms with Crippen LogP contribution in [0.5, 0.6) is 0 Å². The highest BCUT2D eigenvalue weighted by Crippen LogP contribution is 2.31. The molecule has 0 aliphatic rings. The van der Waals surface area contributed by atoms with Crippen LogP contribution in [0.4, 0.5) is 0 Å². The van der Waals surface area contributed by atoms with E-state index in [9.17, 15) is 15.7 Å². The maximum atomic E-state index is 11.3. The summed E-state index contributed by atoms with van der Waals surface area (Å²) < 4.78 is 22.0. The Morgan fingerprint density at radius 3 is 1.67 bits per heavy atom. The van der Waals surface area contributed by atoms with E-state index in [0.717, 1.165) is 0 Å². The Morgan fingerprint density at radius 1 is 0.810 bits per heavy atom. The molecule has 2 aromatic carbocycles. The molecular weight excluding hydrogens is 391 g/mol. The van der Waals surface area contributed by atoms with E-state index in [1.807, 2.05) is 0 Å². The maximum absolute atomic E-state index is 11.3. The minimum atomic E-state index is -4.28. The normalized spacial score (nSPS) is 10.5. The third kappa shape index (κ3) is 3.07. The molecule has 0 unspecified atom stereocenters. The lowest BCUT2D eigenvalue weighted by atomic mass is 10.00. The van der Waals surface area contributed by atoms with Gasteiger partial charge in [-0.05, 0) is 23.3 Å². The molecule has 2 rings (SSSR count). The zero-order valence-corrected chi connectivity index (χ0v) is 12.6. The van der Waals surface area contributed by atoms with Gasteiger partial charge < -0.3 is 10.2 Å². The summed E-state index contributed by atoms with van der Waals surface area (Å²) in [5.41, 5.74) is -0.0778. The first-order valence-corrected chi connectivity index (χ1v) is 8.51. The summed E-state index contributed by atoms with van der Waals surface area (Å²) in [5, 5.41) is 18.3. The van der Waals surface area contributed by atoms with E-state index in [0.29, 0.717) is 11.1 Å². The van der Waals surface area contributed by atoms with Crippen molar-refractivity contribution in [1.82, 2.24) is 0 Å². The molecule has 0 saturated carbocycles. The number of hydrogen-bond acceptors (Lipinski definition) is 4. The molecule has 0 aliphatic heterocycles. The van der Waals surface area contributed by atoms with Crippen LogP contribution in [0.1, 0.15) is 20.7 Å². The lowest BCUT2D eigenvalue weighted by molar-refractivity contribution is 0.0695. The lowest BCUT2D eigenvalue weighted by Crippen LogP contribution is -2.08. The Bertz CT molecular complexity index is 749. The first-order chi connectivity index (χ1) is 9.91. The van der Waals surface area contributed by atoms with Crippen molar-refractivity contribution in [2.24, 2.45) is 0 Å². The van der Waals surface area contributed by atoms with E-state index < -0.39 is 46.4 Å². The van der Waals surface area contributed by atoms with E-state index in [1.165, 1.54) is 12.1 Å². The van der Waals surface area contributed by atoms with Crippen LogP contribution < -0.4 is 0 Å². The van der Waals surface area contributed by atoms with Gasteiger partial charge >= 0.3 is 31.7 Å². The summed E-state index contributed by atoms with van der Waals surface area (Å²) in [6.45, 7) is 0. The molecule has 2 N–H and O–H groups in total. The second-order valence-corrected chi connectivity index (χ2v) is 6.40. The van der Waals surface area contributed by atoms with Crippen LogP contribution in [0.15, 0.2) is 42.5 Å². The third-order valence-electron chi connectivity index (χ3n) is 2.79. The average molecular weight is 400 g/mol. The van der Waals surface area contributed by atoms with Crippen molar-refractivity contribution in [2.45, 2.75) is 0 Å². The molecule has 0 amide bonds. The van der Waals surface area contributed by atoms with Crippen molar-refractivity contribution in [3.63, 3.8) is 0 Å². The van der Waals surface area contributed by atoms with Crippen LogP contribution in [-0.4, -0.2) is 22.2 Å². The quantitative estimate of drug-likeness (QED) is 0.764. The van der Waals surface area contributed by atoms with Crippen molar-refractivity contribution in [2.75, 3.05) is 0 Å². The molecule has 7 heteroatoms. The highest BCUT2D eigenvalue weighted by molar-refractivity contribution is 14.2. The van der Waals surface area contributed by atoms with Crippen molar-refractivity contribution in [3.05, 3.63) is 57.2 Å². The summed E-state index contributed by atoms with van der Waals surface area (Å²) in [4.78, 5) is 22.5. The van der Waals surface area contributed by atoms with Gasteiger partial charge in [0.25, 0.3) is 0 Å². The SMILES string of the molecule is O=C(O)c1cc(-c2ccccc2)cc(C(=O)O)c1I(=O)=O. The fourth-order valence-electron chi connectivity index (χ4n) is 1.90. The molecule has 0 saturated heterocycles.